The number of tetrazole rings is 1. The lowest BCUT2D eigenvalue weighted by Gasteiger charge is -2.12. The molecule has 1 atom stereocenters. The standard InChI is InChI=1S/C22H24N6O3S/c1-15-6-4-7-16(12-15)23-21(30)18-9-2-3-10-19(18)24-20(29)14-32-22-25-26-27-28(22)13-17-8-5-11-31-17/h2-4,6-7,9-10,12,17H,5,8,11,13-14H2,1H3,(H,23,30)(H,24,29)/t17-/m0/s1. The number of para-hydroxylation sites is 1. The molecule has 0 bridgehead atoms. The highest BCUT2D eigenvalue weighted by Gasteiger charge is 2.20. The highest BCUT2D eigenvalue weighted by atomic mass is 32.2. The molecular weight excluding hydrogens is 428 g/mol. The normalized spacial score (nSPS) is 15.5. The van der Waals surface area contributed by atoms with Gasteiger partial charge in [0.25, 0.3) is 5.91 Å². The summed E-state index contributed by atoms with van der Waals surface area (Å²) in [7, 11) is 0. The molecule has 2 aromatic carbocycles. The second-order valence-electron chi connectivity index (χ2n) is 7.48. The Labute approximate surface area is 189 Å². The van der Waals surface area contributed by atoms with E-state index in [1.165, 1.54) is 11.8 Å². The second kappa shape index (κ2) is 10.4. The van der Waals surface area contributed by atoms with Gasteiger partial charge in [-0.2, -0.15) is 0 Å². The maximum Gasteiger partial charge on any atom is 0.257 e. The van der Waals surface area contributed by atoms with Gasteiger partial charge in [-0.05, 0) is 60.0 Å². The highest BCUT2D eigenvalue weighted by molar-refractivity contribution is 7.99. The number of hydrogen-bond acceptors (Lipinski definition) is 7. The summed E-state index contributed by atoms with van der Waals surface area (Å²) in [5.41, 5.74) is 2.57. The highest BCUT2D eigenvalue weighted by Crippen LogP contribution is 2.21. The maximum absolute atomic E-state index is 12.8. The van der Waals surface area contributed by atoms with Crippen molar-refractivity contribution in [3.8, 4) is 0 Å². The number of benzene rings is 2. The van der Waals surface area contributed by atoms with Gasteiger partial charge in [0.15, 0.2) is 0 Å². The predicted octanol–water partition coefficient (Wildman–Crippen LogP) is 3.14. The van der Waals surface area contributed by atoms with E-state index in [2.05, 4.69) is 26.2 Å². The monoisotopic (exact) mass is 452 g/mol. The summed E-state index contributed by atoms with van der Waals surface area (Å²) in [6.45, 7) is 3.28. The van der Waals surface area contributed by atoms with Gasteiger partial charge in [0, 0.05) is 12.3 Å². The number of ether oxygens (including phenoxy) is 1. The van der Waals surface area contributed by atoms with Crippen LogP contribution in [0.1, 0.15) is 28.8 Å². The Morgan fingerprint density at radius 1 is 1.19 bits per heavy atom. The summed E-state index contributed by atoms with van der Waals surface area (Å²) < 4.78 is 7.29. The molecule has 1 fully saturated rings. The van der Waals surface area contributed by atoms with Crippen molar-refractivity contribution in [1.82, 2.24) is 20.2 Å². The van der Waals surface area contributed by atoms with Crippen molar-refractivity contribution in [3.63, 3.8) is 0 Å². The minimum absolute atomic E-state index is 0.102. The second-order valence-corrected chi connectivity index (χ2v) is 8.43. The van der Waals surface area contributed by atoms with E-state index < -0.39 is 0 Å². The quantitative estimate of drug-likeness (QED) is 0.505. The zero-order chi connectivity index (χ0) is 22.3. The molecule has 2 N–H and O–H groups in total. The number of amides is 2. The van der Waals surface area contributed by atoms with Gasteiger partial charge in [0.1, 0.15) is 0 Å². The van der Waals surface area contributed by atoms with Crippen molar-refractivity contribution < 1.29 is 14.3 Å². The van der Waals surface area contributed by atoms with Crippen molar-refractivity contribution in [1.29, 1.82) is 0 Å². The molecule has 2 heterocycles. The number of thioether (sulfide) groups is 1. The number of nitrogens with zero attached hydrogens (tertiary/aromatic N) is 4. The minimum atomic E-state index is -0.292. The van der Waals surface area contributed by atoms with E-state index in [-0.39, 0.29) is 23.7 Å². The average molecular weight is 453 g/mol. The Hall–Kier alpha value is -3.24. The smallest absolute Gasteiger partial charge is 0.257 e. The maximum atomic E-state index is 12.8. The molecule has 1 saturated heterocycles. The molecule has 10 heteroatoms. The van der Waals surface area contributed by atoms with E-state index >= 15 is 0 Å². The average Bonchev–Trinajstić information content (AvgIpc) is 3.45. The molecule has 0 unspecified atom stereocenters. The van der Waals surface area contributed by atoms with Gasteiger partial charge in [-0.15, -0.1) is 5.10 Å². The summed E-state index contributed by atoms with van der Waals surface area (Å²) in [6.07, 6.45) is 2.12. The van der Waals surface area contributed by atoms with Crippen LogP contribution in [0.4, 0.5) is 11.4 Å². The first-order valence-electron chi connectivity index (χ1n) is 10.4. The number of anilines is 2. The van der Waals surface area contributed by atoms with Crippen LogP contribution in [-0.4, -0.2) is 50.5 Å². The lowest BCUT2D eigenvalue weighted by Crippen LogP contribution is -2.20. The van der Waals surface area contributed by atoms with Crippen LogP contribution in [0.3, 0.4) is 0 Å². The van der Waals surface area contributed by atoms with Crippen molar-refractivity contribution in [2.45, 2.75) is 37.6 Å². The molecule has 2 amide bonds. The number of hydrogen-bond donors (Lipinski definition) is 2. The lowest BCUT2D eigenvalue weighted by molar-refractivity contribution is -0.113. The van der Waals surface area contributed by atoms with Gasteiger partial charge in [0.2, 0.25) is 11.1 Å². The van der Waals surface area contributed by atoms with E-state index in [0.717, 1.165) is 25.0 Å². The third-order valence-electron chi connectivity index (χ3n) is 4.95. The summed E-state index contributed by atoms with van der Waals surface area (Å²) in [6, 6.07) is 14.5. The van der Waals surface area contributed by atoms with E-state index in [1.807, 2.05) is 31.2 Å². The Balaban J connectivity index is 1.36. The Morgan fingerprint density at radius 2 is 2.06 bits per heavy atom. The molecule has 1 aliphatic heterocycles. The van der Waals surface area contributed by atoms with Crippen LogP contribution in [0.5, 0.6) is 0 Å². The van der Waals surface area contributed by atoms with Gasteiger partial charge in [0.05, 0.1) is 29.7 Å². The predicted molar refractivity (Wildman–Crippen MR) is 122 cm³/mol. The van der Waals surface area contributed by atoms with Crippen molar-refractivity contribution >= 4 is 35.0 Å². The first-order valence-corrected chi connectivity index (χ1v) is 11.3. The van der Waals surface area contributed by atoms with Crippen molar-refractivity contribution in [2.24, 2.45) is 0 Å². The third-order valence-corrected chi connectivity index (χ3v) is 5.91. The number of aromatic nitrogens is 4. The third kappa shape index (κ3) is 5.71. The molecule has 32 heavy (non-hydrogen) atoms. The topological polar surface area (TPSA) is 111 Å². The number of carbonyl (C=O) groups is 2. The van der Waals surface area contributed by atoms with Crippen LogP contribution in [0, 0.1) is 6.92 Å². The largest absolute Gasteiger partial charge is 0.376 e. The van der Waals surface area contributed by atoms with Crippen LogP contribution in [0.2, 0.25) is 0 Å². The fraction of sp³-hybridized carbons (Fsp3) is 0.318. The molecule has 0 aliphatic carbocycles. The molecule has 0 radical (unpaired) electrons. The molecule has 9 nitrogen and oxygen atoms in total. The summed E-state index contributed by atoms with van der Waals surface area (Å²) in [5.74, 6) is -0.433. The van der Waals surface area contributed by atoms with Crippen molar-refractivity contribution in [3.05, 3.63) is 59.7 Å². The SMILES string of the molecule is Cc1cccc(NC(=O)c2ccccc2NC(=O)CSc2nnnn2C[C@@H]2CCCO2)c1. The number of carbonyl (C=O) groups excluding carboxylic acids is 2. The van der Waals surface area contributed by atoms with Crippen LogP contribution in [0.25, 0.3) is 0 Å². The van der Waals surface area contributed by atoms with Gasteiger partial charge >= 0.3 is 0 Å². The number of nitrogens with one attached hydrogen (secondary N) is 2. The van der Waals surface area contributed by atoms with Gasteiger partial charge in [-0.1, -0.05) is 36.0 Å². The molecule has 0 spiro atoms. The van der Waals surface area contributed by atoms with Gasteiger partial charge in [-0.3, -0.25) is 9.59 Å². The molecule has 1 aromatic heterocycles. The Kier molecular flexibility index (Phi) is 7.13. The first kappa shape index (κ1) is 22.0. The van der Waals surface area contributed by atoms with E-state index in [9.17, 15) is 9.59 Å². The fourth-order valence-corrected chi connectivity index (χ4v) is 4.11. The summed E-state index contributed by atoms with van der Waals surface area (Å²) in [5, 5.41) is 18.0. The molecule has 4 rings (SSSR count). The molecular formula is C22H24N6O3S. The Morgan fingerprint density at radius 3 is 2.88 bits per heavy atom. The zero-order valence-electron chi connectivity index (χ0n) is 17.7. The van der Waals surface area contributed by atoms with Crippen LogP contribution >= 0.6 is 11.8 Å². The van der Waals surface area contributed by atoms with Crippen LogP contribution in [0.15, 0.2) is 53.7 Å². The van der Waals surface area contributed by atoms with E-state index in [4.69, 9.17) is 4.74 Å². The minimum Gasteiger partial charge on any atom is -0.376 e. The van der Waals surface area contributed by atoms with Crippen LogP contribution < -0.4 is 10.6 Å². The van der Waals surface area contributed by atoms with E-state index in [0.29, 0.717) is 28.6 Å². The van der Waals surface area contributed by atoms with E-state index in [1.54, 1.807) is 28.9 Å². The Bertz CT molecular complexity index is 1100. The van der Waals surface area contributed by atoms with Crippen molar-refractivity contribution in [2.75, 3.05) is 23.0 Å². The van der Waals surface area contributed by atoms with Crippen LogP contribution in [-0.2, 0) is 16.1 Å². The number of rotatable bonds is 8. The molecule has 166 valence electrons. The van der Waals surface area contributed by atoms with Gasteiger partial charge < -0.3 is 15.4 Å². The van der Waals surface area contributed by atoms with Gasteiger partial charge in [-0.25, -0.2) is 4.68 Å². The summed E-state index contributed by atoms with van der Waals surface area (Å²) >= 11 is 1.24. The lowest BCUT2D eigenvalue weighted by atomic mass is 10.1. The molecule has 3 aromatic rings. The fourth-order valence-electron chi connectivity index (χ4n) is 3.42. The first-order chi connectivity index (χ1) is 15.6. The number of aryl methyl sites for hydroxylation is 1. The molecule has 0 saturated carbocycles. The summed E-state index contributed by atoms with van der Waals surface area (Å²) in [4.78, 5) is 25.3. The molecule has 1 aliphatic rings. The zero-order valence-corrected chi connectivity index (χ0v) is 18.5.